The van der Waals surface area contributed by atoms with Gasteiger partial charge >= 0.3 is 0 Å². The Balaban J connectivity index is 2.20. The van der Waals surface area contributed by atoms with E-state index in [0.717, 1.165) is 17.1 Å². The molecule has 0 aliphatic heterocycles. The van der Waals surface area contributed by atoms with Crippen LogP contribution in [0.3, 0.4) is 0 Å². The number of ether oxygens (including phenoxy) is 1. The number of hydrogen-bond donors (Lipinski definition) is 0. The van der Waals surface area contributed by atoms with Gasteiger partial charge in [0.2, 0.25) is 0 Å². The highest BCUT2D eigenvalue weighted by Gasteiger charge is 2.23. The molecule has 1 aliphatic rings. The molecule has 1 heterocycles. The molecule has 76 valence electrons. The van der Waals surface area contributed by atoms with Crippen molar-refractivity contribution in [3.05, 3.63) is 18.0 Å². The van der Waals surface area contributed by atoms with Crippen molar-refractivity contribution in [2.75, 3.05) is 19.0 Å². The molecule has 3 heteroatoms. The number of aromatic nitrogens is 1. The Morgan fingerprint density at radius 1 is 1.43 bits per heavy atom. The van der Waals surface area contributed by atoms with Gasteiger partial charge in [-0.2, -0.15) is 0 Å². The van der Waals surface area contributed by atoms with Crippen LogP contribution in [-0.2, 0) is 0 Å². The summed E-state index contributed by atoms with van der Waals surface area (Å²) in [6, 6.07) is 2.06. The van der Waals surface area contributed by atoms with Gasteiger partial charge < -0.3 is 9.64 Å². The fourth-order valence-electron chi connectivity index (χ4n) is 1.40. The first-order valence-corrected chi connectivity index (χ1v) is 4.97. The standard InChI is InChI=1S/C11H16N2O/c1-8-11(13(2)3)6-10(7-12-8)14-9-4-5-9/h6-7,9H,4-5H2,1-3H3. The smallest absolute Gasteiger partial charge is 0.140 e. The number of anilines is 1. The second kappa shape index (κ2) is 3.48. The van der Waals surface area contributed by atoms with Crippen molar-refractivity contribution in [1.82, 2.24) is 4.98 Å². The van der Waals surface area contributed by atoms with Gasteiger partial charge in [0.25, 0.3) is 0 Å². The van der Waals surface area contributed by atoms with Crippen LogP contribution in [0.1, 0.15) is 18.5 Å². The molecule has 0 amide bonds. The van der Waals surface area contributed by atoms with Gasteiger partial charge in [0.15, 0.2) is 0 Å². The zero-order chi connectivity index (χ0) is 10.1. The fourth-order valence-corrected chi connectivity index (χ4v) is 1.40. The van der Waals surface area contributed by atoms with Gasteiger partial charge in [-0.3, -0.25) is 4.98 Å². The summed E-state index contributed by atoms with van der Waals surface area (Å²) in [7, 11) is 4.04. The van der Waals surface area contributed by atoms with Gasteiger partial charge in [-0.05, 0) is 19.8 Å². The number of rotatable bonds is 3. The van der Waals surface area contributed by atoms with E-state index in [1.165, 1.54) is 12.8 Å². The van der Waals surface area contributed by atoms with Crippen molar-refractivity contribution in [2.24, 2.45) is 0 Å². The quantitative estimate of drug-likeness (QED) is 0.732. The predicted octanol–water partition coefficient (Wildman–Crippen LogP) is 2.00. The first kappa shape index (κ1) is 9.31. The van der Waals surface area contributed by atoms with E-state index in [1.807, 2.05) is 21.0 Å². The molecule has 1 saturated carbocycles. The monoisotopic (exact) mass is 192 g/mol. The third-order valence-corrected chi connectivity index (χ3v) is 2.34. The molecule has 0 aromatic carbocycles. The molecule has 0 saturated heterocycles. The molecule has 0 radical (unpaired) electrons. The molecule has 1 fully saturated rings. The summed E-state index contributed by atoms with van der Waals surface area (Å²) in [5.74, 6) is 0.891. The van der Waals surface area contributed by atoms with Crippen molar-refractivity contribution >= 4 is 5.69 Å². The van der Waals surface area contributed by atoms with E-state index in [9.17, 15) is 0 Å². The third kappa shape index (κ3) is 1.97. The molecule has 14 heavy (non-hydrogen) atoms. The predicted molar refractivity (Wildman–Crippen MR) is 57.0 cm³/mol. The number of nitrogens with zero attached hydrogens (tertiary/aromatic N) is 2. The summed E-state index contributed by atoms with van der Waals surface area (Å²) >= 11 is 0. The Morgan fingerprint density at radius 2 is 2.14 bits per heavy atom. The minimum Gasteiger partial charge on any atom is -0.489 e. The van der Waals surface area contributed by atoms with Crippen molar-refractivity contribution in [1.29, 1.82) is 0 Å². The molecule has 0 atom stereocenters. The topological polar surface area (TPSA) is 25.4 Å². The van der Waals surface area contributed by atoms with Crippen LogP contribution in [0.5, 0.6) is 5.75 Å². The van der Waals surface area contributed by atoms with E-state index in [1.54, 1.807) is 6.20 Å². The van der Waals surface area contributed by atoms with Crippen LogP contribution < -0.4 is 9.64 Å². The summed E-state index contributed by atoms with van der Waals surface area (Å²) in [5, 5.41) is 0. The Kier molecular flexibility index (Phi) is 2.32. The van der Waals surface area contributed by atoms with Gasteiger partial charge in [-0.1, -0.05) is 0 Å². The van der Waals surface area contributed by atoms with E-state index in [4.69, 9.17) is 4.74 Å². The largest absolute Gasteiger partial charge is 0.489 e. The maximum absolute atomic E-state index is 5.68. The second-order valence-corrected chi connectivity index (χ2v) is 3.99. The fraction of sp³-hybridized carbons (Fsp3) is 0.545. The molecule has 0 unspecified atom stereocenters. The lowest BCUT2D eigenvalue weighted by molar-refractivity contribution is 0.302. The van der Waals surface area contributed by atoms with E-state index >= 15 is 0 Å². The van der Waals surface area contributed by atoms with E-state index in [2.05, 4.69) is 16.0 Å². The molecule has 0 bridgehead atoms. The average Bonchev–Trinajstić information content (AvgIpc) is 2.92. The Hall–Kier alpha value is -1.25. The number of aryl methyl sites for hydroxylation is 1. The minimum absolute atomic E-state index is 0.439. The van der Waals surface area contributed by atoms with Crippen LogP contribution in [0.2, 0.25) is 0 Å². The lowest BCUT2D eigenvalue weighted by Crippen LogP contribution is -2.11. The SMILES string of the molecule is Cc1ncc(OC2CC2)cc1N(C)C. The molecule has 1 aliphatic carbocycles. The molecule has 0 spiro atoms. The first-order valence-electron chi connectivity index (χ1n) is 4.97. The number of pyridine rings is 1. The highest BCUT2D eigenvalue weighted by molar-refractivity contribution is 5.52. The molecule has 0 N–H and O–H groups in total. The maximum Gasteiger partial charge on any atom is 0.140 e. The van der Waals surface area contributed by atoms with E-state index in [-0.39, 0.29) is 0 Å². The zero-order valence-corrected chi connectivity index (χ0v) is 8.95. The molecule has 3 nitrogen and oxygen atoms in total. The minimum atomic E-state index is 0.439. The van der Waals surface area contributed by atoms with Crippen LogP contribution >= 0.6 is 0 Å². The Morgan fingerprint density at radius 3 is 2.71 bits per heavy atom. The van der Waals surface area contributed by atoms with Crippen molar-refractivity contribution < 1.29 is 4.74 Å². The van der Waals surface area contributed by atoms with Crippen molar-refractivity contribution in [3.8, 4) is 5.75 Å². The van der Waals surface area contributed by atoms with Gasteiger partial charge in [0.05, 0.1) is 23.7 Å². The summed E-state index contributed by atoms with van der Waals surface area (Å²) in [6.07, 6.45) is 4.62. The number of hydrogen-bond acceptors (Lipinski definition) is 3. The highest BCUT2D eigenvalue weighted by atomic mass is 16.5. The van der Waals surface area contributed by atoms with E-state index in [0.29, 0.717) is 6.10 Å². The summed E-state index contributed by atoms with van der Waals surface area (Å²) in [4.78, 5) is 6.37. The molecule has 2 rings (SSSR count). The maximum atomic E-state index is 5.68. The van der Waals surface area contributed by atoms with Crippen molar-refractivity contribution in [3.63, 3.8) is 0 Å². The summed E-state index contributed by atoms with van der Waals surface area (Å²) in [5.41, 5.74) is 2.17. The van der Waals surface area contributed by atoms with Gasteiger partial charge in [0.1, 0.15) is 5.75 Å². The highest BCUT2D eigenvalue weighted by Crippen LogP contribution is 2.29. The average molecular weight is 192 g/mol. The van der Waals surface area contributed by atoms with Crippen LogP contribution in [0, 0.1) is 6.92 Å². The second-order valence-electron chi connectivity index (χ2n) is 3.99. The van der Waals surface area contributed by atoms with Gasteiger partial charge in [-0.25, -0.2) is 0 Å². The first-order chi connectivity index (χ1) is 6.66. The van der Waals surface area contributed by atoms with Crippen LogP contribution in [0.15, 0.2) is 12.3 Å². The Labute approximate surface area is 84.7 Å². The normalized spacial score (nSPS) is 15.4. The molecule has 1 aromatic heterocycles. The lowest BCUT2D eigenvalue weighted by Gasteiger charge is -2.16. The van der Waals surface area contributed by atoms with Gasteiger partial charge in [-0.15, -0.1) is 0 Å². The summed E-state index contributed by atoms with van der Waals surface area (Å²) < 4.78 is 5.68. The zero-order valence-electron chi connectivity index (χ0n) is 8.95. The Bertz CT molecular complexity index is 332. The van der Waals surface area contributed by atoms with Crippen LogP contribution in [0.4, 0.5) is 5.69 Å². The van der Waals surface area contributed by atoms with E-state index < -0.39 is 0 Å². The van der Waals surface area contributed by atoms with Gasteiger partial charge in [0, 0.05) is 20.2 Å². The summed E-state index contributed by atoms with van der Waals surface area (Å²) in [6.45, 7) is 2.01. The van der Waals surface area contributed by atoms with Crippen molar-refractivity contribution in [2.45, 2.75) is 25.9 Å². The molecular formula is C11H16N2O. The molecular weight excluding hydrogens is 176 g/mol. The van der Waals surface area contributed by atoms with Crippen LogP contribution in [-0.4, -0.2) is 25.2 Å². The van der Waals surface area contributed by atoms with Crippen LogP contribution in [0.25, 0.3) is 0 Å². The third-order valence-electron chi connectivity index (χ3n) is 2.34. The molecule has 1 aromatic rings. The lowest BCUT2D eigenvalue weighted by atomic mass is 10.3.